The molecule has 2 unspecified atom stereocenters. The molecule has 2 atom stereocenters. The number of allylic oxidation sites excluding steroid dienone is 2. The quantitative estimate of drug-likeness (QED) is 0.601. The van der Waals surface area contributed by atoms with E-state index < -0.39 is 4.93 Å². The van der Waals surface area contributed by atoms with E-state index in [0.29, 0.717) is 5.25 Å². The molecule has 0 aromatic carbocycles. The number of hydrogen-bond donors (Lipinski definition) is 1. The summed E-state index contributed by atoms with van der Waals surface area (Å²) in [5.41, 5.74) is 2.54. The first-order valence-corrected chi connectivity index (χ1v) is 5.53. The summed E-state index contributed by atoms with van der Waals surface area (Å²) in [6, 6.07) is 0. The Morgan fingerprint density at radius 3 is 2.54 bits per heavy atom. The van der Waals surface area contributed by atoms with Crippen LogP contribution in [0.4, 0.5) is 0 Å². The number of hydrogen-bond acceptors (Lipinski definition) is 2. The van der Waals surface area contributed by atoms with Crippen LogP contribution in [-0.4, -0.2) is 15.3 Å². The molecule has 2 heteroatoms. The molecule has 0 radical (unpaired) electrons. The zero-order chi connectivity index (χ0) is 9.85. The van der Waals surface area contributed by atoms with Crippen molar-refractivity contribution in [3.8, 4) is 0 Å². The van der Waals surface area contributed by atoms with E-state index in [-0.39, 0.29) is 5.41 Å². The van der Waals surface area contributed by atoms with Crippen molar-refractivity contribution < 1.29 is 5.11 Å². The van der Waals surface area contributed by atoms with E-state index in [1.165, 1.54) is 11.1 Å². The van der Waals surface area contributed by atoms with E-state index in [0.717, 1.165) is 0 Å². The van der Waals surface area contributed by atoms with E-state index in [2.05, 4.69) is 39.8 Å². The van der Waals surface area contributed by atoms with Crippen LogP contribution >= 0.6 is 11.8 Å². The monoisotopic (exact) mass is 196 g/mol. The molecule has 2 rings (SSSR count). The smallest absolute Gasteiger partial charge is 0.149 e. The summed E-state index contributed by atoms with van der Waals surface area (Å²) in [5.74, 6) is 0. The van der Waals surface area contributed by atoms with Gasteiger partial charge in [-0.05, 0) is 17.9 Å². The van der Waals surface area contributed by atoms with Crippen LogP contribution in [-0.2, 0) is 0 Å². The van der Waals surface area contributed by atoms with E-state index >= 15 is 0 Å². The lowest BCUT2D eigenvalue weighted by molar-refractivity contribution is 0.186. The highest BCUT2D eigenvalue weighted by atomic mass is 32.2. The minimum absolute atomic E-state index is 0.0771. The first kappa shape index (κ1) is 9.35. The summed E-state index contributed by atoms with van der Waals surface area (Å²) < 4.78 is 0. The minimum Gasteiger partial charge on any atom is -0.374 e. The molecule has 0 aromatic rings. The normalized spacial score (nSPS) is 37.8. The predicted molar refractivity (Wildman–Crippen MR) is 57.6 cm³/mol. The average molecular weight is 196 g/mol. The van der Waals surface area contributed by atoms with Gasteiger partial charge in [0, 0.05) is 0 Å². The molecule has 1 heterocycles. The Labute approximate surface area is 83.9 Å². The van der Waals surface area contributed by atoms with Crippen LogP contribution in [0, 0.1) is 5.41 Å². The van der Waals surface area contributed by atoms with Crippen molar-refractivity contribution in [2.45, 2.75) is 37.9 Å². The largest absolute Gasteiger partial charge is 0.374 e. The van der Waals surface area contributed by atoms with Crippen LogP contribution in [0.1, 0.15) is 27.7 Å². The molecule has 0 amide bonds. The van der Waals surface area contributed by atoms with Crippen molar-refractivity contribution >= 4 is 11.8 Å². The predicted octanol–water partition coefficient (Wildman–Crippen LogP) is 2.72. The highest BCUT2D eigenvalue weighted by Crippen LogP contribution is 2.64. The van der Waals surface area contributed by atoms with Crippen molar-refractivity contribution in [2.24, 2.45) is 5.41 Å². The molecular formula is C11H16OS. The highest BCUT2D eigenvalue weighted by Gasteiger charge is 2.60. The minimum atomic E-state index is -0.572. The highest BCUT2D eigenvalue weighted by molar-refractivity contribution is 8.09. The van der Waals surface area contributed by atoms with Crippen molar-refractivity contribution in [3.05, 3.63) is 23.3 Å². The maximum atomic E-state index is 10.3. The van der Waals surface area contributed by atoms with Gasteiger partial charge in [-0.3, -0.25) is 0 Å². The molecule has 1 fully saturated rings. The SMILES string of the molecule is CC1=CC=C(C(C)(C)C)C2(O)SC12. The third-order valence-corrected chi connectivity index (χ3v) is 4.23. The van der Waals surface area contributed by atoms with Crippen molar-refractivity contribution in [1.82, 2.24) is 0 Å². The van der Waals surface area contributed by atoms with Gasteiger partial charge in [0.25, 0.3) is 0 Å². The van der Waals surface area contributed by atoms with Gasteiger partial charge in [-0.25, -0.2) is 0 Å². The lowest BCUT2D eigenvalue weighted by atomic mass is 9.79. The number of aliphatic hydroxyl groups is 1. The molecule has 0 saturated carbocycles. The zero-order valence-corrected chi connectivity index (χ0v) is 9.40. The fourth-order valence-electron chi connectivity index (χ4n) is 1.96. The van der Waals surface area contributed by atoms with Crippen LogP contribution in [0.25, 0.3) is 0 Å². The van der Waals surface area contributed by atoms with E-state index in [1.54, 1.807) is 11.8 Å². The fraction of sp³-hybridized carbons (Fsp3) is 0.636. The molecule has 1 saturated heterocycles. The molecule has 13 heavy (non-hydrogen) atoms. The molecule has 1 nitrogen and oxygen atoms in total. The van der Waals surface area contributed by atoms with Crippen molar-refractivity contribution in [1.29, 1.82) is 0 Å². The Kier molecular flexibility index (Phi) is 1.74. The Balaban J connectivity index is 2.40. The van der Waals surface area contributed by atoms with Crippen LogP contribution in [0.15, 0.2) is 23.3 Å². The Morgan fingerprint density at radius 2 is 2.00 bits per heavy atom. The maximum Gasteiger partial charge on any atom is 0.149 e. The molecule has 2 aliphatic rings. The second-order valence-electron chi connectivity index (χ2n) is 4.94. The van der Waals surface area contributed by atoms with Gasteiger partial charge in [0.05, 0.1) is 5.25 Å². The molecule has 0 aromatic heterocycles. The topological polar surface area (TPSA) is 20.2 Å². The van der Waals surface area contributed by atoms with Gasteiger partial charge < -0.3 is 5.11 Å². The molecular weight excluding hydrogens is 180 g/mol. The molecule has 1 aliphatic heterocycles. The van der Waals surface area contributed by atoms with Gasteiger partial charge in [-0.2, -0.15) is 0 Å². The average Bonchev–Trinajstić information content (AvgIpc) is 2.60. The standard InChI is InChI=1S/C11H16OS/c1-7-5-6-8(10(2,3)4)11(12)9(7)13-11/h5-6,9,12H,1-4H3. The van der Waals surface area contributed by atoms with Crippen LogP contribution in [0.5, 0.6) is 0 Å². The summed E-state index contributed by atoms with van der Waals surface area (Å²) in [6.07, 6.45) is 4.23. The lowest BCUT2D eigenvalue weighted by Crippen LogP contribution is -2.28. The second-order valence-corrected chi connectivity index (χ2v) is 6.26. The van der Waals surface area contributed by atoms with Gasteiger partial charge in [0.1, 0.15) is 4.93 Å². The zero-order valence-electron chi connectivity index (χ0n) is 8.59. The summed E-state index contributed by atoms with van der Waals surface area (Å²) in [5, 5.41) is 10.6. The van der Waals surface area contributed by atoms with Crippen LogP contribution in [0.2, 0.25) is 0 Å². The van der Waals surface area contributed by atoms with Gasteiger partial charge in [-0.1, -0.05) is 38.5 Å². The molecule has 1 N–H and O–H groups in total. The third kappa shape index (κ3) is 1.27. The molecule has 0 bridgehead atoms. The lowest BCUT2D eigenvalue weighted by Gasteiger charge is -2.28. The molecule has 72 valence electrons. The Morgan fingerprint density at radius 1 is 1.38 bits per heavy atom. The number of fused-ring (bicyclic) bond motifs is 1. The summed E-state index contributed by atoms with van der Waals surface area (Å²) in [6.45, 7) is 8.55. The molecule has 0 spiro atoms. The van der Waals surface area contributed by atoms with Crippen molar-refractivity contribution in [3.63, 3.8) is 0 Å². The Bertz CT molecular complexity index is 309. The second kappa shape index (κ2) is 2.43. The summed E-state index contributed by atoms with van der Waals surface area (Å²) >= 11 is 1.66. The van der Waals surface area contributed by atoms with E-state index in [1.807, 2.05) is 0 Å². The number of rotatable bonds is 0. The third-order valence-electron chi connectivity index (χ3n) is 2.72. The van der Waals surface area contributed by atoms with Crippen molar-refractivity contribution in [2.75, 3.05) is 0 Å². The summed E-state index contributed by atoms with van der Waals surface area (Å²) in [4.78, 5) is -0.572. The first-order valence-electron chi connectivity index (χ1n) is 4.65. The van der Waals surface area contributed by atoms with Crippen LogP contribution in [0.3, 0.4) is 0 Å². The van der Waals surface area contributed by atoms with Gasteiger partial charge in [0.15, 0.2) is 0 Å². The maximum absolute atomic E-state index is 10.3. The van der Waals surface area contributed by atoms with E-state index in [9.17, 15) is 5.11 Å². The van der Waals surface area contributed by atoms with Crippen LogP contribution < -0.4 is 0 Å². The fourth-order valence-corrected chi connectivity index (χ4v) is 3.33. The summed E-state index contributed by atoms with van der Waals surface area (Å²) in [7, 11) is 0. The Hall–Kier alpha value is -0.210. The molecule has 1 aliphatic carbocycles. The van der Waals surface area contributed by atoms with Gasteiger partial charge in [-0.15, -0.1) is 11.8 Å². The van der Waals surface area contributed by atoms with E-state index in [4.69, 9.17) is 0 Å². The number of thioether (sulfide) groups is 1. The first-order chi connectivity index (χ1) is 5.86. The van der Waals surface area contributed by atoms with Gasteiger partial charge in [0.2, 0.25) is 0 Å². The van der Waals surface area contributed by atoms with Gasteiger partial charge >= 0.3 is 0 Å².